The van der Waals surface area contributed by atoms with Crippen molar-refractivity contribution in [3.63, 3.8) is 0 Å². The van der Waals surface area contributed by atoms with Gasteiger partial charge in [0, 0.05) is 10.8 Å². The first-order valence-corrected chi connectivity index (χ1v) is 8.25. The minimum Gasteiger partial charge on any atom is -0.496 e. The lowest BCUT2D eigenvalue weighted by Crippen LogP contribution is -1.98. The van der Waals surface area contributed by atoms with Crippen molar-refractivity contribution in [3.05, 3.63) is 34.3 Å². The van der Waals surface area contributed by atoms with E-state index in [1.54, 1.807) is 28.4 Å². The third-order valence-corrected chi connectivity index (χ3v) is 5.19. The van der Waals surface area contributed by atoms with Crippen LogP contribution in [0.1, 0.15) is 5.56 Å². The van der Waals surface area contributed by atoms with Crippen LogP contribution in [0, 0.1) is 6.92 Å². The Bertz CT molecular complexity index is 934. The molecular formula is C19H19BrO4. The molecule has 0 heterocycles. The normalized spacial score (nSPS) is 10.9. The number of ether oxygens (including phenoxy) is 4. The Morgan fingerprint density at radius 1 is 0.750 bits per heavy atom. The number of benzene rings is 3. The Morgan fingerprint density at radius 2 is 1.42 bits per heavy atom. The summed E-state index contributed by atoms with van der Waals surface area (Å²) < 4.78 is 23.7. The van der Waals surface area contributed by atoms with Crippen LogP contribution < -0.4 is 18.9 Å². The molecule has 0 saturated heterocycles. The fraction of sp³-hybridized carbons (Fsp3) is 0.263. The number of halogens is 1. The minimum absolute atomic E-state index is 0.704. The minimum atomic E-state index is 0.704. The smallest absolute Gasteiger partial charge is 0.145 e. The number of rotatable bonds is 4. The molecule has 0 fully saturated rings. The highest BCUT2D eigenvalue weighted by atomic mass is 79.9. The van der Waals surface area contributed by atoms with E-state index in [4.69, 9.17) is 18.9 Å². The Kier molecular flexibility index (Phi) is 4.45. The number of hydrogen-bond acceptors (Lipinski definition) is 4. The van der Waals surface area contributed by atoms with E-state index in [-0.39, 0.29) is 0 Å². The van der Waals surface area contributed by atoms with Crippen LogP contribution in [0.25, 0.3) is 21.5 Å². The second kappa shape index (κ2) is 6.40. The molecule has 126 valence electrons. The molecule has 0 saturated carbocycles. The summed E-state index contributed by atoms with van der Waals surface area (Å²) in [5, 5.41) is 3.59. The van der Waals surface area contributed by atoms with Crippen molar-refractivity contribution >= 4 is 37.5 Å². The van der Waals surface area contributed by atoms with Crippen molar-refractivity contribution < 1.29 is 18.9 Å². The van der Waals surface area contributed by atoms with Gasteiger partial charge < -0.3 is 18.9 Å². The van der Waals surface area contributed by atoms with Crippen molar-refractivity contribution in [2.45, 2.75) is 6.92 Å². The quantitative estimate of drug-likeness (QED) is 0.580. The molecule has 0 aliphatic carbocycles. The van der Waals surface area contributed by atoms with Gasteiger partial charge in [-0.1, -0.05) is 12.1 Å². The zero-order valence-corrected chi connectivity index (χ0v) is 15.9. The number of aryl methyl sites for hydroxylation is 1. The van der Waals surface area contributed by atoms with Gasteiger partial charge in [0.05, 0.1) is 43.7 Å². The first kappa shape index (κ1) is 16.7. The summed E-state index contributed by atoms with van der Waals surface area (Å²) in [7, 11) is 6.62. The maximum absolute atomic E-state index is 5.78. The van der Waals surface area contributed by atoms with Crippen molar-refractivity contribution in [1.29, 1.82) is 0 Å². The fourth-order valence-corrected chi connectivity index (χ4v) is 3.65. The second-order valence-electron chi connectivity index (χ2n) is 5.41. The summed E-state index contributed by atoms with van der Waals surface area (Å²) in [6.45, 7) is 2.02. The lowest BCUT2D eigenvalue weighted by atomic mass is 9.97. The van der Waals surface area contributed by atoms with Crippen LogP contribution in [-0.2, 0) is 0 Å². The molecule has 0 aliphatic heterocycles. The van der Waals surface area contributed by atoms with E-state index in [1.807, 2.05) is 25.1 Å². The van der Waals surface area contributed by atoms with Crippen molar-refractivity contribution in [1.82, 2.24) is 0 Å². The van der Waals surface area contributed by atoms with Crippen LogP contribution in [0.4, 0.5) is 0 Å². The Morgan fingerprint density at radius 3 is 2.00 bits per heavy atom. The molecule has 5 heteroatoms. The van der Waals surface area contributed by atoms with E-state index >= 15 is 0 Å². The Hall–Kier alpha value is -2.14. The SMILES string of the molecule is COc1c2cccc(OC)c2c(OC)c2c(OC)c(Br)c(C)cc12. The molecule has 0 bridgehead atoms. The molecule has 0 amide bonds. The van der Waals surface area contributed by atoms with Crippen molar-refractivity contribution in [3.8, 4) is 23.0 Å². The van der Waals surface area contributed by atoms with Crippen LogP contribution in [0.15, 0.2) is 28.7 Å². The summed E-state index contributed by atoms with van der Waals surface area (Å²) in [6.07, 6.45) is 0. The number of fused-ring (bicyclic) bond motifs is 2. The third kappa shape index (κ3) is 2.26. The maximum Gasteiger partial charge on any atom is 0.145 e. The van der Waals surface area contributed by atoms with Crippen molar-refractivity contribution in [2.75, 3.05) is 28.4 Å². The fourth-order valence-electron chi connectivity index (χ4n) is 3.18. The van der Waals surface area contributed by atoms with Gasteiger partial charge >= 0.3 is 0 Å². The molecule has 4 nitrogen and oxygen atoms in total. The molecule has 0 spiro atoms. The zero-order valence-electron chi connectivity index (χ0n) is 14.3. The summed E-state index contributed by atoms with van der Waals surface area (Å²) >= 11 is 3.62. The van der Waals surface area contributed by atoms with Crippen LogP contribution in [0.5, 0.6) is 23.0 Å². The third-order valence-electron chi connectivity index (χ3n) is 4.20. The van der Waals surface area contributed by atoms with E-state index in [0.717, 1.165) is 43.1 Å². The Labute approximate surface area is 149 Å². The monoisotopic (exact) mass is 390 g/mol. The van der Waals surface area contributed by atoms with Crippen LogP contribution in [0.3, 0.4) is 0 Å². The molecule has 3 aromatic carbocycles. The van der Waals surface area contributed by atoms with Gasteiger partial charge in [-0.15, -0.1) is 0 Å². The largest absolute Gasteiger partial charge is 0.496 e. The maximum atomic E-state index is 5.78. The van der Waals surface area contributed by atoms with Gasteiger partial charge in [0.1, 0.15) is 23.0 Å². The van der Waals surface area contributed by atoms with Gasteiger partial charge in [0.2, 0.25) is 0 Å². The molecular weight excluding hydrogens is 372 g/mol. The molecule has 24 heavy (non-hydrogen) atoms. The van der Waals surface area contributed by atoms with E-state index < -0.39 is 0 Å². The topological polar surface area (TPSA) is 36.9 Å². The van der Waals surface area contributed by atoms with E-state index in [1.165, 1.54) is 0 Å². The summed E-state index contributed by atoms with van der Waals surface area (Å²) in [5.74, 6) is 2.92. The Balaban J connectivity index is 2.70. The average Bonchev–Trinajstić information content (AvgIpc) is 2.60. The van der Waals surface area contributed by atoms with Crippen LogP contribution >= 0.6 is 15.9 Å². The number of hydrogen-bond donors (Lipinski definition) is 0. The lowest BCUT2D eigenvalue weighted by Gasteiger charge is -2.20. The summed E-state index contributed by atoms with van der Waals surface area (Å²) in [5.41, 5.74) is 1.06. The predicted octanol–water partition coefficient (Wildman–Crippen LogP) is 5.10. The van der Waals surface area contributed by atoms with Gasteiger partial charge in [0.25, 0.3) is 0 Å². The first-order chi connectivity index (χ1) is 11.6. The highest BCUT2D eigenvalue weighted by Gasteiger charge is 2.23. The summed E-state index contributed by atoms with van der Waals surface area (Å²) in [6, 6.07) is 7.93. The average molecular weight is 391 g/mol. The van der Waals surface area contributed by atoms with E-state index in [2.05, 4.69) is 22.0 Å². The molecule has 0 radical (unpaired) electrons. The van der Waals surface area contributed by atoms with Gasteiger partial charge in [-0.2, -0.15) is 0 Å². The van der Waals surface area contributed by atoms with Gasteiger partial charge in [0.15, 0.2) is 0 Å². The molecule has 0 aliphatic rings. The van der Waals surface area contributed by atoms with Gasteiger partial charge in [-0.25, -0.2) is 0 Å². The molecule has 0 aromatic heterocycles. The highest BCUT2D eigenvalue weighted by Crippen LogP contribution is 2.51. The zero-order chi connectivity index (χ0) is 17.4. The number of methoxy groups -OCH3 is 4. The van der Waals surface area contributed by atoms with E-state index in [0.29, 0.717) is 11.5 Å². The van der Waals surface area contributed by atoms with Crippen LogP contribution in [-0.4, -0.2) is 28.4 Å². The molecule has 3 aromatic rings. The van der Waals surface area contributed by atoms with E-state index in [9.17, 15) is 0 Å². The van der Waals surface area contributed by atoms with Gasteiger partial charge in [-0.3, -0.25) is 0 Å². The molecule has 3 rings (SSSR count). The molecule has 0 unspecified atom stereocenters. The molecule has 0 atom stereocenters. The lowest BCUT2D eigenvalue weighted by molar-refractivity contribution is 0.397. The molecule has 0 N–H and O–H groups in total. The highest BCUT2D eigenvalue weighted by molar-refractivity contribution is 9.10. The standard InChI is InChI=1S/C19H19BrO4/c1-10-9-12-15(19(24-5)16(10)20)18(23-4)14-11(17(12)22-3)7-6-8-13(14)21-2/h6-9H,1-5H3. The second-order valence-corrected chi connectivity index (χ2v) is 6.21. The predicted molar refractivity (Wildman–Crippen MR) is 100 cm³/mol. The summed E-state index contributed by atoms with van der Waals surface area (Å²) in [4.78, 5) is 0. The van der Waals surface area contributed by atoms with Gasteiger partial charge in [-0.05, 0) is 40.5 Å². The van der Waals surface area contributed by atoms with Crippen molar-refractivity contribution in [2.24, 2.45) is 0 Å². The first-order valence-electron chi connectivity index (χ1n) is 7.46. The van der Waals surface area contributed by atoms with Crippen LogP contribution in [0.2, 0.25) is 0 Å².